The first-order valence-corrected chi connectivity index (χ1v) is 7.73. The van der Waals surface area contributed by atoms with Gasteiger partial charge in [0.15, 0.2) is 0 Å². The van der Waals surface area contributed by atoms with Crippen molar-refractivity contribution in [1.29, 1.82) is 0 Å². The van der Waals surface area contributed by atoms with Crippen LogP contribution in [-0.4, -0.2) is 12.5 Å². The highest BCUT2D eigenvalue weighted by Crippen LogP contribution is 2.23. The van der Waals surface area contributed by atoms with Gasteiger partial charge in [0.2, 0.25) is 5.91 Å². The molecule has 0 spiro atoms. The molecule has 3 aromatic rings. The first-order chi connectivity index (χ1) is 10.2. The van der Waals surface area contributed by atoms with Gasteiger partial charge in [0, 0.05) is 21.1 Å². The van der Waals surface area contributed by atoms with Gasteiger partial charge in [-0.25, -0.2) is 0 Å². The third-order valence-electron chi connectivity index (χ3n) is 3.01. The Morgan fingerprint density at radius 3 is 2.86 bits per heavy atom. The quantitative estimate of drug-likeness (QED) is 0.738. The van der Waals surface area contributed by atoms with Crippen LogP contribution >= 0.6 is 22.9 Å². The summed E-state index contributed by atoms with van der Waals surface area (Å²) in [7, 11) is 0. The number of halogens is 1. The van der Waals surface area contributed by atoms with E-state index in [1.807, 2.05) is 12.1 Å². The van der Waals surface area contributed by atoms with Crippen LogP contribution in [0, 0.1) is 0 Å². The van der Waals surface area contributed by atoms with Gasteiger partial charge in [-0.15, -0.1) is 11.3 Å². The van der Waals surface area contributed by atoms with Crippen molar-refractivity contribution in [2.24, 2.45) is 0 Å². The minimum atomic E-state index is -0.109. The fourth-order valence-corrected chi connectivity index (χ4v) is 2.99. The zero-order valence-electron chi connectivity index (χ0n) is 11.1. The number of nitrogens with one attached hydrogen (secondary N) is 2. The average molecular weight is 317 g/mol. The molecule has 0 saturated carbocycles. The minimum absolute atomic E-state index is 0.109. The van der Waals surface area contributed by atoms with Gasteiger partial charge in [-0.2, -0.15) is 0 Å². The van der Waals surface area contributed by atoms with Crippen LogP contribution in [0.1, 0.15) is 0 Å². The smallest absolute Gasteiger partial charge is 0.243 e. The van der Waals surface area contributed by atoms with Crippen LogP contribution in [-0.2, 0) is 4.79 Å². The van der Waals surface area contributed by atoms with Crippen molar-refractivity contribution in [3.63, 3.8) is 0 Å². The molecule has 2 N–H and O–H groups in total. The summed E-state index contributed by atoms with van der Waals surface area (Å²) in [6.45, 7) is 0.210. The van der Waals surface area contributed by atoms with E-state index in [1.54, 1.807) is 35.6 Å². The van der Waals surface area contributed by atoms with Gasteiger partial charge in [0.05, 0.1) is 6.54 Å². The van der Waals surface area contributed by atoms with E-state index in [0.29, 0.717) is 10.7 Å². The Labute approximate surface area is 131 Å². The molecule has 1 heterocycles. The molecule has 1 aromatic heterocycles. The predicted octanol–water partition coefficient (Wildman–Crippen LogP) is 4.61. The average Bonchev–Trinajstić information content (AvgIpc) is 2.92. The summed E-state index contributed by atoms with van der Waals surface area (Å²) in [5, 5.41) is 9.76. The first kappa shape index (κ1) is 13.9. The lowest BCUT2D eigenvalue weighted by Crippen LogP contribution is -2.21. The first-order valence-electron chi connectivity index (χ1n) is 6.47. The van der Waals surface area contributed by atoms with Crippen LogP contribution in [0.25, 0.3) is 10.1 Å². The van der Waals surface area contributed by atoms with E-state index in [2.05, 4.69) is 28.1 Å². The largest absolute Gasteiger partial charge is 0.376 e. The van der Waals surface area contributed by atoms with Crippen molar-refractivity contribution in [2.75, 3.05) is 17.2 Å². The SMILES string of the molecule is O=C(CNc1ccc2sccc2c1)Nc1cccc(Cl)c1. The maximum atomic E-state index is 11.9. The van der Waals surface area contributed by atoms with Gasteiger partial charge in [-0.3, -0.25) is 4.79 Å². The topological polar surface area (TPSA) is 41.1 Å². The van der Waals surface area contributed by atoms with Crippen molar-refractivity contribution in [1.82, 2.24) is 0 Å². The number of anilines is 2. The molecule has 21 heavy (non-hydrogen) atoms. The monoisotopic (exact) mass is 316 g/mol. The van der Waals surface area contributed by atoms with Crippen LogP contribution in [0.15, 0.2) is 53.9 Å². The maximum absolute atomic E-state index is 11.9. The minimum Gasteiger partial charge on any atom is -0.376 e. The molecule has 0 atom stereocenters. The number of thiophene rings is 1. The number of carbonyl (C=O) groups excluding carboxylic acids is 1. The highest BCUT2D eigenvalue weighted by Gasteiger charge is 2.03. The second-order valence-electron chi connectivity index (χ2n) is 4.59. The summed E-state index contributed by atoms with van der Waals surface area (Å²) >= 11 is 7.58. The molecular formula is C16H13ClN2OS. The molecule has 3 nitrogen and oxygen atoms in total. The summed E-state index contributed by atoms with van der Waals surface area (Å²) in [5.74, 6) is -0.109. The Hall–Kier alpha value is -2.04. The molecule has 0 saturated heterocycles. The summed E-state index contributed by atoms with van der Waals surface area (Å²) < 4.78 is 1.24. The van der Waals surface area contributed by atoms with Gasteiger partial charge in [-0.05, 0) is 53.2 Å². The van der Waals surface area contributed by atoms with E-state index in [9.17, 15) is 4.79 Å². The van der Waals surface area contributed by atoms with Gasteiger partial charge >= 0.3 is 0 Å². The van der Waals surface area contributed by atoms with Crippen molar-refractivity contribution >= 4 is 50.3 Å². The second kappa shape index (κ2) is 6.16. The molecule has 1 amide bonds. The van der Waals surface area contributed by atoms with Crippen molar-refractivity contribution in [2.45, 2.75) is 0 Å². The summed E-state index contributed by atoms with van der Waals surface area (Å²) in [6.07, 6.45) is 0. The molecule has 106 valence electrons. The third kappa shape index (κ3) is 3.54. The van der Waals surface area contributed by atoms with E-state index in [4.69, 9.17) is 11.6 Å². The van der Waals surface area contributed by atoms with Crippen LogP contribution in [0.4, 0.5) is 11.4 Å². The molecule has 0 bridgehead atoms. The van der Waals surface area contributed by atoms with E-state index in [1.165, 1.54) is 10.1 Å². The predicted molar refractivity (Wildman–Crippen MR) is 90.4 cm³/mol. The van der Waals surface area contributed by atoms with Crippen molar-refractivity contribution in [3.05, 3.63) is 58.9 Å². The summed E-state index contributed by atoms with van der Waals surface area (Å²) in [5.41, 5.74) is 1.63. The fourth-order valence-electron chi connectivity index (χ4n) is 2.03. The molecule has 0 aliphatic rings. The van der Waals surface area contributed by atoms with E-state index < -0.39 is 0 Å². The molecule has 0 unspecified atom stereocenters. The second-order valence-corrected chi connectivity index (χ2v) is 5.97. The van der Waals surface area contributed by atoms with Crippen LogP contribution < -0.4 is 10.6 Å². The summed E-state index contributed by atoms with van der Waals surface area (Å²) in [6, 6.07) is 15.2. The number of benzene rings is 2. The molecule has 0 radical (unpaired) electrons. The number of hydrogen-bond donors (Lipinski definition) is 2. The third-order valence-corrected chi connectivity index (χ3v) is 4.15. The lowest BCUT2D eigenvalue weighted by atomic mass is 10.2. The van der Waals surface area contributed by atoms with Crippen LogP contribution in [0.2, 0.25) is 5.02 Å². The highest BCUT2D eigenvalue weighted by molar-refractivity contribution is 7.17. The zero-order valence-corrected chi connectivity index (χ0v) is 12.7. The lowest BCUT2D eigenvalue weighted by molar-refractivity contribution is -0.114. The van der Waals surface area contributed by atoms with Crippen LogP contribution in [0.3, 0.4) is 0 Å². The van der Waals surface area contributed by atoms with Gasteiger partial charge in [0.1, 0.15) is 0 Å². The molecular weight excluding hydrogens is 304 g/mol. The number of fused-ring (bicyclic) bond motifs is 1. The zero-order chi connectivity index (χ0) is 14.7. The Kier molecular flexibility index (Phi) is 4.08. The molecule has 0 aliphatic heterocycles. The molecule has 2 aromatic carbocycles. The molecule has 3 rings (SSSR count). The van der Waals surface area contributed by atoms with Gasteiger partial charge in [0.25, 0.3) is 0 Å². The maximum Gasteiger partial charge on any atom is 0.243 e. The number of hydrogen-bond acceptors (Lipinski definition) is 3. The standard InChI is InChI=1S/C16H13ClN2OS/c17-12-2-1-3-14(9-12)19-16(20)10-18-13-4-5-15-11(8-13)6-7-21-15/h1-9,18H,10H2,(H,19,20). The van der Waals surface area contributed by atoms with Crippen LogP contribution in [0.5, 0.6) is 0 Å². The van der Waals surface area contributed by atoms with Gasteiger partial charge in [-0.1, -0.05) is 17.7 Å². The Bertz CT molecular complexity index is 785. The molecule has 0 fully saturated rings. The van der Waals surface area contributed by atoms with Gasteiger partial charge < -0.3 is 10.6 Å². The number of rotatable bonds is 4. The molecule has 0 aliphatic carbocycles. The Balaban J connectivity index is 1.60. The fraction of sp³-hybridized carbons (Fsp3) is 0.0625. The normalized spacial score (nSPS) is 10.5. The number of amides is 1. The highest BCUT2D eigenvalue weighted by atomic mass is 35.5. The molecule has 5 heteroatoms. The van der Waals surface area contributed by atoms with Crippen molar-refractivity contribution in [3.8, 4) is 0 Å². The Morgan fingerprint density at radius 2 is 2.00 bits per heavy atom. The lowest BCUT2D eigenvalue weighted by Gasteiger charge is -2.08. The van der Waals surface area contributed by atoms with E-state index in [0.717, 1.165) is 5.69 Å². The Morgan fingerprint density at radius 1 is 1.10 bits per heavy atom. The van der Waals surface area contributed by atoms with E-state index in [-0.39, 0.29) is 12.5 Å². The summed E-state index contributed by atoms with van der Waals surface area (Å²) in [4.78, 5) is 11.9. The van der Waals surface area contributed by atoms with E-state index >= 15 is 0 Å². The number of carbonyl (C=O) groups is 1. The van der Waals surface area contributed by atoms with Crippen molar-refractivity contribution < 1.29 is 4.79 Å².